The zero-order valence-corrected chi connectivity index (χ0v) is 16.1. The number of rotatable bonds is 5. The van der Waals surface area contributed by atoms with Crippen LogP contribution in [0.3, 0.4) is 0 Å². The normalized spacial score (nSPS) is 12.3. The van der Waals surface area contributed by atoms with Crippen LogP contribution in [-0.4, -0.2) is 27.2 Å². The molecule has 1 aromatic carbocycles. The first-order chi connectivity index (χ1) is 12.3. The zero-order valence-electron chi connectivity index (χ0n) is 16.1. The smallest absolute Gasteiger partial charge is 0.253 e. The van der Waals surface area contributed by atoms with Crippen molar-refractivity contribution < 1.29 is 4.79 Å². The van der Waals surface area contributed by atoms with E-state index in [9.17, 15) is 4.79 Å². The number of aryl methyl sites for hydroxylation is 4. The molecule has 0 saturated heterocycles. The summed E-state index contributed by atoms with van der Waals surface area (Å²) in [4.78, 5) is 17.2. The molecule has 0 radical (unpaired) electrons. The molecule has 0 aliphatic heterocycles. The van der Waals surface area contributed by atoms with Crippen LogP contribution in [0.1, 0.15) is 39.9 Å². The third-order valence-corrected chi connectivity index (χ3v) is 4.61. The number of pyridine rings is 1. The Hall–Kier alpha value is -2.69. The van der Waals surface area contributed by atoms with Gasteiger partial charge in [0.15, 0.2) is 0 Å². The molecule has 5 heteroatoms. The summed E-state index contributed by atoms with van der Waals surface area (Å²) in [6, 6.07) is 10.1. The van der Waals surface area contributed by atoms with Gasteiger partial charge in [0, 0.05) is 24.2 Å². The van der Waals surface area contributed by atoms with E-state index in [-0.39, 0.29) is 11.8 Å². The summed E-state index contributed by atoms with van der Waals surface area (Å²) in [7, 11) is 0. The molecule has 26 heavy (non-hydrogen) atoms. The highest BCUT2D eigenvalue weighted by molar-refractivity contribution is 5.98. The van der Waals surface area contributed by atoms with E-state index in [2.05, 4.69) is 35.3 Å². The van der Waals surface area contributed by atoms with Gasteiger partial charge in [-0.05, 0) is 57.4 Å². The van der Waals surface area contributed by atoms with Crippen LogP contribution in [0.5, 0.6) is 0 Å². The number of fused-ring (bicyclic) bond motifs is 1. The largest absolute Gasteiger partial charge is 0.352 e. The molecule has 2 aromatic heterocycles. The van der Waals surface area contributed by atoms with Gasteiger partial charge in [0.25, 0.3) is 5.91 Å². The van der Waals surface area contributed by atoms with Crippen molar-refractivity contribution >= 4 is 16.8 Å². The first-order valence-corrected chi connectivity index (χ1v) is 9.00. The molecule has 136 valence electrons. The Bertz CT molecular complexity index is 958. The maximum atomic E-state index is 12.6. The summed E-state index contributed by atoms with van der Waals surface area (Å²) in [5.74, 6) is 0.214. The van der Waals surface area contributed by atoms with Crippen LogP contribution < -0.4 is 5.32 Å². The fraction of sp³-hybridized carbons (Fsp3) is 0.381. The van der Waals surface area contributed by atoms with Gasteiger partial charge in [-0.25, -0.2) is 0 Å². The quantitative estimate of drug-likeness (QED) is 0.763. The summed E-state index contributed by atoms with van der Waals surface area (Å²) in [6.45, 7) is 11.5. The molecular formula is C21H26N4O. The number of nitrogens with one attached hydrogen (secondary N) is 1. The van der Waals surface area contributed by atoms with Gasteiger partial charge in [0.2, 0.25) is 0 Å². The number of hydrogen-bond donors (Lipinski definition) is 1. The van der Waals surface area contributed by atoms with Crippen molar-refractivity contribution in [3.63, 3.8) is 0 Å². The molecule has 0 fully saturated rings. The minimum absolute atomic E-state index is 0.0716. The monoisotopic (exact) mass is 350 g/mol. The highest BCUT2D eigenvalue weighted by Crippen LogP contribution is 2.18. The maximum absolute atomic E-state index is 12.6. The number of hydrogen-bond acceptors (Lipinski definition) is 3. The Morgan fingerprint density at radius 3 is 2.62 bits per heavy atom. The molecule has 1 unspecified atom stereocenters. The summed E-state index contributed by atoms with van der Waals surface area (Å²) >= 11 is 0. The molecule has 0 saturated carbocycles. The molecule has 0 bridgehead atoms. The van der Waals surface area contributed by atoms with Gasteiger partial charge in [-0.3, -0.25) is 14.5 Å². The Balaban J connectivity index is 1.68. The van der Waals surface area contributed by atoms with Gasteiger partial charge in [0.1, 0.15) is 0 Å². The average molecular weight is 350 g/mol. The Labute approximate surface area is 154 Å². The average Bonchev–Trinajstić information content (AvgIpc) is 2.89. The fourth-order valence-corrected chi connectivity index (χ4v) is 3.18. The summed E-state index contributed by atoms with van der Waals surface area (Å²) in [5.41, 5.74) is 5.65. The summed E-state index contributed by atoms with van der Waals surface area (Å²) in [5, 5.41) is 8.51. The lowest BCUT2D eigenvalue weighted by atomic mass is 10.1. The van der Waals surface area contributed by atoms with Gasteiger partial charge >= 0.3 is 0 Å². The van der Waals surface area contributed by atoms with Gasteiger partial charge in [0.05, 0.1) is 22.5 Å². The summed E-state index contributed by atoms with van der Waals surface area (Å²) < 4.78 is 2.00. The van der Waals surface area contributed by atoms with Gasteiger partial charge in [-0.15, -0.1) is 0 Å². The number of carbonyl (C=O) groups excluding carboxylic acids is 1. The van der Waals surface area contributed by atoms with E-state index in [0.29, 0.717) is 12.1 Å². The van der Waals surface area contributed by atoms with E-state index in [1.807, 2.05) is 49.7 Å². The molecule has 0 spiro atoms. The van der Waals surface area contributed by atoms with E-state index in [4.69, 9.17) is 0 Å². The van der Waals surface area contributed by atoms with Crippen LogP contribution in [0.25, 0.3) is 10.9 Å². The van der Waals surface area contributed by atoms with E-state index < -0.39 is 0 Å². The van der Waals surface area contributed by atoms with Crippen LogP contribution >= 0.6 is 0 Å². The molecule has 1 atom stereocenters. The van der Waals surface area contributed by atoms with E-state index in [0.717, 1.165) is 34.5 Å². The minimum atomic E-state index is -0.0716. The highest BCUT2D eigenvalue weighted by Gasteiger charge is 2.14. The predicted molar refractivity (Wildman–Crippen MR) is 104 cm³/mol. The minimum Gasteiger partial charge on any atom is -0.352 e. The fourth-order valence-electron chi connectivity index (χ4n) is 3.18. The van der Waals surface area contributed by atoms with Crippen LogP contribution in [0.15, 0.2) is 30.3 Å². The molecule has 5 nitrogen and oxygen atoms in total. The highest BCUT2D eigenvalue weighted by atomic mass is 16.1. The molecule has 0 aliphatic carbocycles. The van der Waals surface area contributed by atoms with Gasteiger partial charge in [-0.1, -0.05) is 19.1 Å². The van der Waals surface area contributed by atoms with Crippen molar-refractivity contribution in [1.82, 2.24) is 20.1 Å². The Morgan fingerprint density at radius 2 is 1.92 bits per heavy atom. The summed E-state index contributed by atoms with van der Waals surface area (Å²) in [6.07, 6.45) is 0. The van der Waals surface area contributed by atoms with Crippen LogP contribution in [0.4, 0.5) is 0 Å². The molecule has 3 rings (SSSR count). The lowest BCUT2D eigenvalue weighted by Gasteiger charge is -2.15. The van der Waals surface area contributed by atoms with Crippen molar-refractivity contribution in [2.45, 2.75) is 41.2 Å². The van der Waals surface area contributed by atoms with Crippen LogP contribution in [0, 0.1) is 33.6 Å². The molecule has 2 heterocycles. The standard InChI is InChI=1S/C21H26N4O/c1-13-6-7-18-10-19(17(5)23-20(18)8-13)21(26)22-11-14(2)12-25-16(4)9-15(3)24-25/h6-10,14H,11-12H2,1-5H3,(H,22,26). The molecular weight excluding hydrogens is 324 g/mol. The maximum Gasteiger partial charge on any atom is 0.253 e. The van der Waals surface area contributed by atoms with Crippen LogP contribution in [0.2, 0.25) is 0 Å². The zero-order chi connectivity index (χ0) is 18.8. The third kappa shape index (κ3) is 3.93. The lowest BCUT2D eigenvalue weighted by Crippen LogP contribution is -2.31. The Morgan fingerprint density at radius 1 is 1.15 bits per heavy atom. The van der Waals surface area contributed by atoms with Gasteiger partial charge in [-0.2, -0.15) is 5.10 Å². The van der Waals surface area contributed by atoms with E-state index in [1.165, 1.54) is 5.56 Å². The Kier molecular flexibility index (Phi) is 5.07. The van der Waals surface area contributed by atoms with E-state index >= 15 is 0 Å². The number of nitrogens with zero attached hydrogens (tertiary/aromatic N) is 3. The first-order valence-electron chi connectivity index (χ1n) is 9.00. The van der Waals surface area contributed by atoms with Crippen molar-refractivity contribution in [2.75, 3.05) is 6.54 Å². The van der Waals surface area contributed by atoms with Crippen molar-refractivity contribution in [3.8, 4) is 0 Å². The number of benzene rings is 1. The second kappa shape index (κ2) is 7.28. The number of amides is 1. The van der Waals surface area contributed by atoms with E-state index in [1.54, 1.807) is 0 Å². The lowest BCUT2D eigenvalue weighted by molar-refractivity contribution is 0.0945. The first kappa shape index (κ1) is 18.1. The van der Waals surface area contributed by atoms with Crippen molar-refractivity contribution in [3.05, 3.63) is 58.5 Å². The topological polar surface area (TPSA) is 59.8 Å². The van der Waals surface area contributed by atoms with Gasteiger partial charge < -0.3 is 5.32 Å². The predicted octanol–water partition coefficient (Wildman–Crippen LogP) is 3.73. The third-order valence-electron chi connectivity index (χ3n) is 4.61. The molecule has 1 N–H and O–H groups in total. The van der Waals surface area contributed by atoms with Crippen LogP contribution in [-0.2, 0) is 6.54 Å². The molecule has 0 aliphatic rings. The second-order valence-electron chi connectivity index (χ2n) is 7.24. The molecule has 3 aromatic rings. The van der Waals surface area contributed by atoms with Crippen molar-refractivity contribution in [1.29, 1.82) is 0 Å². The van der Waals surface area contributed by atoms with Crippen molar-refractivity contribution in [2.24, 2.45) is 5.92 Å². The number of carbonyl (C=O) groups is 1. The second-order valence-corrected chi connectivity index (χ2v) is 7.24. The SMILES string of the molecule is Cc1ccc2cc(C(=O)NCC(C)Cn3nc(C)cc3C)c(C)nc2c1. The molecule has 1 amide bonds. The number of aromatic nitrogens is 3.